The molecule has 0 bridgehead atoms. The zero-order valence-corrected chi connectivity index (χ0v) is 10.0. The lowest BCUT2D eigenvalue weighted by atomic mass is 10.2. The molecule has 0 aromatic carbocycles. The Hall–Kier alpha value is -0.200. The fourth-order valence-electron chi connectivity index (χ4n) is 3.33. The van der Waals surface area contributed by atoms with Gasteiger partial charge in [-0.05, 0) is 19.3 Å². The van der Waals surface area contributed by atoms with Gasteiger partial charge >= 0.3 is 0 Å². The second-order valence-electron chi connectivity index (χ2n) is 5.32. The van der Waals surface area contributed by atoms with Gasteiger partial charge in [0, 0.05) is 18.9 Å². The van der Waals surface area contributed by atoms with Gasteiger partial charge in [-0.3, -0.25) is 0 Å². The van der Waals surface area contributed by atoms with Crippen LogP contribution < -0.4 is 5.73 Å². The predicted molar refractivity (Wildman–Crippen MR) is 60.4 cm³/mol. The molecule has 0 amide bonds. The molecule has 3 N–H and O–H groups in total. The summed E-state index contributed by atoms with van der Waals surface area (Å²) in [4.78, 5) is 0. The fraction of sp³-hybridized carbons (Fsp3) is 1.00. The average molecular weight is 243 g/mol. The molecular weight excluding hydrogens is 222 g/mol. The molecule has 0 aromatic heterocycles. The van der Waals surface area contributed by atoms with Crippen LogP contribution in [0.25, 0.3) is 0 Å². The van der Waals surface area contributed by atoms with E-state index in [0.717, 1.165) is 32.1 Å². The van der Waals surface area contributed by atoms with Crippen molar-refractivity contribution in [2.24, 2.45) is 5.73 Å². The lowest BCUT2D eigenvalue weighted by Gasteiger charge is -2.25. The van der Waals surface area contributed by atoms with Crippen molar-refractivity contribution in [1.29, 1.82) is 0 Å². The van der Waals surface area contributed by atoms with E-state index in [1.165, 1.54) is 0 Å². The van der Waals surface area contributed by atoms with Crippen LogP contribution in [-0.2, 0) is 14.2 Å². The molecule has 1 aliphatic heterocycles. The van der Waals surface area contributed by atoms with Crippen molar-refractivity contribution in [3.63, 3.8) is 0 Å². The van der Waals surface area contributed by atoms with E-state index in [1.54, 1.807) is 0 Å². The van der Waals surface area contributed by atoms with Gasteiger partial charge in [0.1, 0.15) is 12.2 Å². The zero-order chi connectivity index (χ0) is 11.9. The van der Waals surface area contributed by atoms with E-state index in [1.807, 2.05) is 0 Å². The van der Waals surface area contributed by atoms with Crippen LogP contribution in [0.4, 0.5) is 0 Å². The molecule has 0 radical (unpaired) electrons. The van der Waals surface area contributed by atoms with E-state index in [0.29, 0.717) is 6.61 Å². The van der Waals surface area contributed by atoms with Crippen molar-refractivity contribution in [3.05, 3.63) is 0 Å². The third-order valence-corrected chi connectivity index (χ3v) is 4.11. The molecule has 5 heteroatoms. The van der Waals surface area contributed by atoms with Crippen LogP contribution in [0.3, 0.4) is 0 Å². The molecule has 1 saturated heterocycles. The molecule has 1 heterocycles. The normalized spacial score (nSPS) is 43.4. The fourth-order valence-corrected chi connectivity index (χ4v) is 3.33. The highest BCUT2D eigenvalue weighted by molar-refractivity contribution is 5.03. The molecule has 3 aliphatic rings. The highest BCUT2D eigenvalue weighted by Gasteiger charge is 2.57. The number of nitrogens with two attached hydrogens (primary N) is 1. The van der Waals surface area contributed by atoms with Gasteiger partial charge in [-0.1, -0.05) is 0 Å². The molecular formula is C12H21NO4. The van der Waals surface area contributed by atoms with E-state index in [2.05, 4.69) is 0 Å². The highest BCUT2D eigenvalue weighted by atomic mass is 16.8. The minimum Gasteiger partial charge on any atom is -0.394 e. The van der Waals surface area contributed by atoms with E-state index in [4.69, 9.17) is 25.1 Å². The molecule has 3 fully saturated rings. The van der Waals surface area contributed by atoms with Crippen molar-refractivity contribution < 1.29 is 19.3 Å². The van der Waals surface area contributed by atoms with E-state index in [-0.39, 0.29) is 36.7 Å². The minimum atomic E-state index is -0.381. The minimum absolute atomic E-state index is 0.0105. The maximum absolute atomic E-state index is 8.81. The maximum atomic E-state index is 8.81. The number of ether oxygens (including phenoxy) is 3. The third kappa shape index (κ3) is 2.00. The smallest absolute Gasteiger partial charge is 0.169 e. The summed E-state index contributed by atoms with van der Waals surface area (Å²) in [7, 11) is 0. The van der Waals surface area contributed by atoms with Gasteiger partial charge in [0.15, 0.2) is 5.79 Å². The van der Waals surface area contributed by atoms with Gasteiger partial charge in [0.25, 0.3) is 0 Å². The van der Waals surface area contributed by atoms with Crippen molar-refractivity contribution >= 4 is 0 Å². The lowest BCUT2D eigenvalue weighted by Crippen LogP contribution is -2.35. The van der Waals surface area contributed by atoms with Gasteiger partial charge < -0.3 is 25.1 Å². The molecule has 4 atom stereocenters. The summed E-state index contributed by atoms with van der Waals surface area (Å²) in [6, 6.07) is -0.0105. The van der Waals surface area contributed by atoms with Crippen molar-refractivity contribution in [3.8, 4) is 0 Å². The van der Waals surface area contributed by atoms with Crippen LogP contribution in [0.2, 0.25) is 0 Å². The van der Waals surface area contributed by atoms with Gasteiger partial charge in [-0.2, -0.15) is 0 Å². The Morgan fingerprint density at radius 1 is 1.24 bits per heavy atom. The molecule has 2 aliphatic carbocycles. The average Bonchev–Trinajstić information content (AvgIpc) is 2.98. The number of aliphatic hydroxyl groups excluding tert-OH is 1. The van der Waals surface area contributed by atoms with Crippen LogP contribution in [0.1, 0.15) is 32.1 Å². The van der Waals surface area contributed by atoms with Crippen LogP contribution >= 0.6 is 0 Å². The summed E-state index contributed by atoms with van der Waals surface area (Å²) in [5, 5.41) is 8.81. The quantitative estimate of drug-likeness (QED) is 0.738. The van der Waals surface area contributed by atoms with Crippen molar-refractivity contribution in [2.45, 2.75) is 62.2 Å². The van der Waals surface area contributed by atoms with Crippen LogP contribution in [0.15, 0.2) is 0 Å². The Balaban J connectivity index is 1.68. The first-order chi connectivity index (χ1) is 8.24. The van der Waals surface area contributed by atoms with Crippen LogP contribution in [0.5, 0.6) is 0 Å². The maximum Gasteiger partial charge on any atom is 0.169 e. The van der Waals surface area contributed by atoms with Crippen LogP contribution in [-0.4, -0.2) is 48.5 Å². The molecule has 3 rings (SSSR count). The zero-order valence-electron chi connectivity index (χ0n) is 10.0. The van der Waals surface area contributed by atoms with E-state index >= 15 is 0 Å². The third-order valence-electron chi connectivity index (χ3n) is 4.11. The molecule has 2 saturated carbocycles. The molecule has 0 aromatic rings. The summed E-state index contributed by atoms with van der Waals surface area (Å²) in [5.74, 6) is -0.381. The van der Waals surface area contributed by atoms with Gasteiger partial charge in [0.2, 0.25) is 0 Å². The van der Waals surface area contributed by atoms with Gasteiger partial charge in [-0.25, -0.2) is 0 Å². The first-order valence-corrected chi connectivity index (χ1v) is 6.58. The molecule has 1 spiro atoms. The standard InChI is InChI=1S/C12H21NO4/c13-8-7-9(15-6-5-14)11-10(8)16-12(17-11)3-1-2-4-12/h8-11,14H,1-7,13H2/t8-,9+,10+,11-/m1/s1. The van der Waals surface area contributed by atoms with Crippen molar-refractivity contribution in [2.75, 3.05) is 13.2 Å². The predicted octanol–water partition coefficient (Wildman–Crippen LogP) is 0.149. The topological polar surface area (TPSA) is 73.9 Å². The number of rotatable bonds is 3. The summed E-state index contributed by atoms with van der Waals surface area (Å²) < 4.78 is 17.8. The monoisotopic (exact) mass is 243 g/mol. The Morgan fingerprint density at radius 2 is 1.94 bits per heavy atom. The Bertz CT molecular complexity index is 280. The Labute approximate surface area is 101 Å². The largest absolute Gasteiger partial charge is 0.394 e. The second-order valence-corrected chi connectivity index (χ2v) is 5.32. The van der Waals surface area contributed by atoms with E-state index < -0.39 is 0 Å². The molecule has 98 valence electrons. The van der Waals surface area contributed by atoms with Crippen LogP contribution in [0, 0.1) is 0 Å². The van der Waals surface area contributed by atoms with Gasteiger partial charge in [-0.15, -0.1) is 0 Å². The van der Waals surface area contributed by atoms with Gasteiger partial charge in [0.05, 0.1) is 19.3 Å². The molecule has 17 heavy (non-hydrogen) atoms. The first kappa shape index (κ1) is 11.9. The summed E-state index contributed by atoms with van der Waals surface area (Å²) in [6.45, 7) is 0.381. The second kappa shape index (κ2) is 4.48. The first-order valence-electron chi connectivity index (χ1n) is 6.58. The molecule has 5 nitrogen and oxygen atoms in total. The number of fused-ring (bicyclic) bond motifs is 1. The Kier molecular flexibility index (Phi) is 3.13. The van der Waals surface area contributed by atoms with E-state index in [9.17, 15) is 0 Å². The molecule has 0 unspecified atom stereocenters. The summed E-state index contributed by atoms with van der Waals surface area (Å²) >= 11 is 0. The highest BCUT2D eigenvalue weighted by Crippen LogP contribution is 2.46. The lowest BCUT2D eigenvalue weighted by molar-refractivity contribution is -0.188. The SMILES string of the molecule is N[C@@H]1C[C@H](OCCO)[C@H]2OC3(CCCC3)O[C@H]21. The Morgan fingerprint density at radius 3 is 2.65 bits per heavy atom. The summed E-state index contributed by atoms with van der Waals surface area (Å²) in [6.07, 6.45) is 4.92. The summed E-state index contributed by atoms with van der Waals surface area (Å²) in [5.41, 5.74) is 6.09. The number of aliphatic hydroxyl groups is 1. The van der Waals surface area contributed by atoms with Crippen molar-refractivity contribution in [1.82, 2.24) is 0 Å². The number of hydrogen-bond donors (Lipinski definition) is 2. The number of hydrogen-bond acceptors (Lipinski definition) is 5.